The summed E-state index contributed by atoms with van der Waals surface area (Å²) in [4.78, 5) is 32.3. The fourth-order valence-corrected chi connectivity index (χ4v) is 2.43. The number of amides is 2. The van der Waals surface area contributed by atoms with Crippen LogP contribution in [0.5, 0.6) is 0 Å². The number of nitriles is 1. The lowest BCUT2D eigenvalue weighted by molar-refractivity contribution is -0.112. The molecule has 0 aliphatic rings. The molecule has 0 spiro atoms. The fraction of sp³-hybridized carbons (Fsp3) is 0.100. The molecule has 3 N–H and O–H groups in total. The standard InChI is InChI=1S/C20H16N6O4/c1-12-16(11-25-30-12)17(27)15(7-21)19(29)26-20-23-9-14(10-24-20)18(28)22-8-13-5-3-2-4-6-13/h2-6,9-11,27H,8H2,1H3,(H,22,28)(H,23,24,26,29)/b17-15-. The third-order valence-electron chi connectivity index (χ3n) is 4.02. The first-order valence-electron chi connectivity index (χ1n) is 8.70. The number of nitrogens with one attached hydrogen (secondary N) is 2. The van der Waals surface area contributed by atoms with Crippen LogP contribution in [0, 0.1) is 18.3 Å². The van der Waals surface area contributed by atoms with Gasteiger partial charge in [-0.05, 0) is 12.5 Å². The first-order valence-corrected chi connectivity index (χ1v) is 8.70. The van der Waals surface area contributed by atoms with E-state index in [-0.39, 0.29) is 28.7 Å². The number of aryl methyl sites for hydroxylation is 1. The number of nitrogens with zero attached hydrogens (tertiary/aromatic N) is 4. The number of aliphatic hydroxyl groups is 1. The van der Waals surface area contributed by atoms with Gasteiger partial charge in [-0.15, -0.1) is 0 Å². The quantitative estimate of drug-likeness (QED) is 0.321. The molecule has 0 saturated heterocycles. The van der Waals surface area contributed by atoms with Crippen molar-refractivity contribution in [3.8, 4) is 6.07 Å². The maximum Gasteiger partial charge on any atom is 0.272 e. The zero-order valence-electron chi connectivity index (χ0n) is 15.8. The first kappa shape index (κ1) is 20.2. The van der Waals surface area contributed by atoms with Crippen LogP contribution in [0.4, 0.5) is 5.95 Å². The third-order valence-corrected chi connectivity index (χ3v) is 4.02. The second-order valence-corrected chi connectivity index (χ2v) is 6.05. The van der Waals surface area contributed by atoms with Crippen molar-refractivity contribution in [1.82, 2.24) is 20.4 Å². The van der Waals surface area contributed by atoms with Crippen molar-refractivity contribution in [2.24, 2.45) is 0 Å². The van der Waals surface area contributed by atoms with Gasteiger partial charge >= 0.3 is 0 Å². The van der Waals surface area contributed by atoms with Gasteiger partial charge in [-0.3, -0.25) is 14.9 Å². The van der Waals surface area contributed by atoms with Gasteiger partial charge in [0.2, 0.25) is 5.95 Å². The summed E-state index contributed by atoms with van der Waals surface area (Å²) in [5.41, 5.74) is 0.694. The van der Waals surface area contributed by atoms with Gasteiger partial charge in [0.1, 0.15) is 11.8 Å². The van der Waals surface area contributed by atoms with E-state index in [0.29, 0.717) is 6.54 Å². The minimum absolute atomic E-state index is 0.119. The summed E-state index contributed by atoms with van der Waals surface area (Å²) in [5, 5.41) is 27.9. The minimum Gasteiger partial charge on any atom is -0.506 e. The maximum absolute atomic E-state index is 12.3. The summed E-state index contributed by atoms with van der Waals surface area (Å²) in [7, 11) is 0. The number of hydrogen-bond acceptors (Lipinski definition) is 8. The van der Waals surface area contributed by atoms with E-state index in [1.807, 2.05) is 30.3 Å². The third kappa shape index (κ3) is 4.66. The summed E-state index contributed by atoms with van der Waals surface area (Å²) in [6, 6.07) is 11.0. The van der Waals surface area contributed by atoms with Crippen molar-refractivity contribution >= 4 is 23.5 Å². The lowest BCUT2D eigenvalue weighted by Crippen LogP contribution is -2.23. The summed E-state index contributed by atoms with van der Waals surface area (Å²) in [6.07, 6.45) is 3.67. The number of hydrogen-bond donors (Lipinski definition) is 3. The number of carbonyl (C=O) groups is 2. The molecule has 1 aromatic carbocycles. The molecule has 3 rings (SSSR count). The average molecular weight is 404 g/mol. The molecule has 2 aromatic heterocycles. The summed E-state index contributed by atoms with van der Waals surface area (Å²) in [6.45, 7) is 1.87. The largest absolute Gasteiger partial charge is 0.506 e. The molecule has 0 radical (unpaired) electrons. The Morgan fingerprint density at radius 2 is 1.87 bits per heavy atom. The molecule has 3 aromatic rings. The molecule has 0 unspecified atom stereocenters. The van der Waals surface area contributed by atoms with E-state index in [2.05, 4.69) is 25.8 Å². The van der Waals surface area contributed by atoms with E-state index in [1.54, 1.807) is 6.07 Å². The molecule has 2 amide bonds. The van der Waals surface area contributed by atoms with Gasteiger partial charge in [0.05, 0.1) is 17.3 Å². The van der Waals surface area contributed by atoms with Gasteiger partial charge in [0.15, 0.2) is 11.3 Å². The molecule has 10 nitrogen and oxygen atoms in total. The fourth-order valence-electron chi connectivity index (χ4n) is 2.43. The Kier molecular flexibility index (Phi) is 6.14. The van der Waals surface area contributed by atoms with Crippen molar-refractivity contribution < 1.29 is 19.2 Å². The molecule has 30 heavy (non-hydrogen) atoms. The molecule has 0 saturated carbocycles. The van der Waals surface area contributed by atoms with Crippen LogP contribution in [0.1, 0.15) is 27.2 Å². The van der Waals surface area contributed by atoms with Crippen LogP contribution in [-0.2, 0) is 11.3 Å². The number of rotatable bonds is 6. The minimum atomic E-state index is -0.920. The van der Waals surface area contributed by atoms with Gasteiger partial charge in [-0.25, -0.2) is 9.97 Å². The zero-order chi connectivity index (χ0) is 21.5. The van der Waals surface area contributed by atoms with E-state index in [9.17, 15) is 20.0 Å². The van der Waals surface area contributed by atoms with Gasteiger partial charge < -0.3 is 14.9 Å². The lowest BCUT2D eigenvalue weighted by Gasteiger charge is -2.07. The Morgan fingerprint density at radius 1 is 1.17 bits per heavy atom. The molecule has 2 heterocycles. The van der Waals surface area contributed by atoms with Gasteiger partial charge in [0.25, 0.3) is 11.8 Å². The van der Waals surface area contributed by atoms with E-state index >= 15 is 0 Å². The SMILES string of the molecule is Cc1oncc1/C(O)=C(\C#N)C(=O)Nc1ncc(C(=O)NCc2ccccc2)cn1. The van der Waals surface area contributed by atoms with Crippen LogP contribution in [0.2, 0.25) is 0 Å². The van der Waals surface area contributed by atoms with Crippen LogP contribution in [-0.4, -0.2) is 32.0 Å². The number of benzene rings is 1. The summed E-state index contributed by atoms with van der Waals surface area (Å²) < 4.78 is 4.81. The number of aromatic nitrogens is 3. The Balaban J connectivity index is 1.66. The van der Waals surface area contributed by atoms with Gasteiger partial charge in [-0.1, -0.05) is 35.5 Å². The van der Waals surface area contributed by atoms with Crippen molar-refractivity contribution in [1.29, 1.82) is 5.26 Å². The van der Waals surface area contributed by atoms with Gasteiger partial charge in [0, 0.05) is 18.9 Å². The highest BCUT2D eigenvalue weighted by atomic mass is 16.5. The van der Waals surface area contributed by atoms with Crippen LogP contribution in [0.15, 0.2) is 59.0 Å². The summed E-state index contributed by atoms with van der Waals surface area (Å²) >= 11 is 0. The molecule has 0 atom stereocenters. The Labute approximate surface area is 170 Å². The maximum atomic E-state index is 12.3. The van der Waals surface area contributed by atoms with Crippen molar-refractivity contribution in [3.63, 3.8) is 0 Å². The van der Waals surface area contributed by atoms with E-state index in [0.717, 1.165) is 5.56 Å². The van der Waals surface area contributed by atoms with Gasteiger partial charge in [-0.2, -0.15) is 5.26 Å². The molecular weight excluding hydrogens is 388 g/mol. The first-order chi connectivity index (χ1) is 14.5. The van der Waals surface area contributed by atoms with Crippen LogP contribution in [0.3, 0.4) is 0 Å². The smallest absolute Gasteiger partial charge is 0.272 e. The van der Waals surface area contributed by atoms with E-state index in [1.165, 1.54) is 25.5 Å². The molecule has 150 valence electrons. The highest BCUT2D eigenvalue weighted by molar-refractivity contribution is 6.10. The van der Waals surface area contributed by atoms with Crippen LogP contribution < -0.4 is 10.6 Å². The average Bonchev–Trinajstić information content (AvgIpc) is 3.19. The highest BCUT2D eigenvalue weighted by Crippen LogP contribution is 2.20. The monoisotopic (exact) mass is 404 g/mol. The Morgan fingerprint density at radius 3 is 2.47 bits per heavy atom. The second kappa shape index (κ2) is 9.11. The topological polar surface area (TPSA) is 154 Å². The summed E-state index contributed by atoms with van der Waals surface area (Å²) in [5.74, 6) is -1.77. The lowest BCUT2D eigenvalue weighted by atomic mass is 10.1. The van der Waals surface area contributed by atoms with Crippen LogP contribution >= 0.6 is 0 Å². The van der Waals surface area contributed by atoms with Crippen molar-refractivity contribution in [3.05, 3.63) is 76.9 Å². The second-order valence-electron chi connectivity index (χ2n) is 6.05. The Hall–Kier alpha value is -4.52. The van der Waals surface area contributed by atoms with Crippen molar-refractivity contribution in [2.45, 2.75) is 13.5 Å². The molecule has 0 fully saturated rings. The predicted molar refractivity (Wildman–Crippen MR) is 105 cm³/mol. The number of aliphatic hydroxyl groups excluding tert-OH is 1. The Bertz CT molecular complexity index is 1130. The molecular formula is C20H16N6O4. The van der Waals surface area contributed by atoms with Crippen molar-refractivity contribution in [2.75, 3.05) is 5.32 Å². The van der Waals surface area contributed by atoms with E-state index < -0.39 is 17.2 Å². The highest BCUT2D eigenvalue weighted by Gasteiger charge is 2.20. The van der Waals surface area contributed by atoms with Crippen LogP contribution in [0.25, 0.3) is 5.76 Å². The molecule has 0 aliphatic heterocycles. The number of anilines is 1. The zero-order valence-corrected chi connectivity index (χ0v) is 15.8. The molecule has 0 aliphatic carbocycles. The predicted octanol–water partition coefficient (Wildman–Crippen LogP) is 2.13. The number of carbonyl (C=O) groups excluding carboxylic acids is 2. The molecule has 10 heteroatoms. The van der Waals surface area contributed by atoms with E-state index in [4.69, 9.17) is 4.52 Å². The molecule has 0 bridgehead atoms. The normalized spacial score (nSPS) is 11.2.